The minimum atomic E-state index is -5.87. The largest absolute Gasteiger partial charge is 0.534 e. The fraction of sp³-hybridized carbons (Fsp3) is 0.125. The third-order valence-electron chi connectivity index (χ3n) is 3.76. The van der Waals surface area contributed by atoms with E-state index in [1.807, 2.05) is 6.92 Å². The van der Waals surface area contributed by atoms with Crippen LogP contribution in [0.25, 0.3) is 0 Å². The Morgan fingerprint density at radius 1 is 0.923 bits per heavy atom. The Kier molecular flexibility index (Phi) is 4.12. The molecule has 2 aromatic carbocycles. The van der Waals surface area contributed by atoms with Crippen LogP contribution < -0.4 is 9.08 Å². The molecule has 2 aromatic rings. The number of halogens is 3. The molecule has 6 nitrogen and oxygen atoms in total. The molecule has 0 fully saturated rings. The minimum absolute atomic E-state index is 0.0256. The van der Waals surface area contributed by atoms with Crippen LogP contribution in [0.3, 0.4) is 0 Å². The quantitative estimate of drug-likeness (QED) is 0.494. The molecular formula is C16H11F3NO5S+. The number of fused-ring (bicyclic) bond motifs is 1. The highest BCUT2D eigenvalue weighted by Gasteiger charge is 2.49. The van der Waals surface area contributed by atoms with Gasteiger partial charge in [-0.05, 0) is 25.1 Å². The van der Waals surface area contributed by atoms with Crippen molar-refractivity contribution in [3.63, 3.8) is 0 Å². The average molecular weight is 386 g/mol. The van der Waals surface area contributed by atoms with Crippen LogP contribution >= 0.6 is 0 Å². The topological polar surface area (TPSA) is 81.9 Å². The molecule has 1 unspecified atom stereocenters. The highest BCUT2D eigenvalue weighted by Crippen LogP contribution is 2.29. The highest BCUT2D eigenvalue weighted by molar-refractivity contribution is 7.88. The van der Waals surface area contributed by atoms with E-state index in [0.717, 1.165) is 23.8 Å². The second-order valence-corrected chi connectivity index (χ2v) is 7.13. The van der Waals surface area contributed by atoms with E-state index < -0.39 is 33.2 Å². The number of imide groups is 1. The number of rotatable bonds is 3. The summed E-state index contributed by atoms with van der Waals surface area (Å²) in [6, 6.07) is 9.35. The van der Waals surface area contributed by atoms with Gasteiger partial charge in [-0.1, -0.05) is 17.7 Å². The second-order valence-electron chi connectivity index (χ2n) is 5.59. The summed E-state index contributed by atoms with van der Waals surface area (Å²) >= 11 is 0. The smallest absolute Gasteiger partial charge is 0.376 e. The van der Waals surface area contributed by atoms with Crippen LogP contribution in [0.2, 0.25) is 0 Å². The van der Waals surface area contributed by atoms with Gasteiger partial charge in [0, 0.05) is 12.1 Å². The first-order valence-corrected chi connectivity index (χ1v) is 8.60. The van der Waals surface area contributed by atoms with E-state index in [1.165, 1.54) is 0 Å². The third kappa shape index (κ3) is 2.97. The van der Waals surface area contributed by atoms with E-state index >= 15 is 0 Å². The number of carbonyl (C=O) groups excluding carboxylic acids is 2. The predicted molar refractivity (Wildman–Crippen MR) is 82.5 cm³/mol. The van der Waals surface area contributed by atoms with Gasteiger partial charge in [-0.2, -0.15) is 26.5 Å². The van der Waals surface area contributed by atoms with E-state index in [2.05, 4.69) is 4.18 Å². The maximum absolute atomic E-state index is 12.5. The number of carbonyl (C=O) groups is 2. The van der Waals surface area contributed by atoms with Crippen LogP contribution in [0.15, 0.2) is 42.5 Å². The zero-order valence-corrected chi connectivity index (χ0v) is 13.9. The Morgan fingerprint density at radius 3 is 2.08 bits per heavy atom. The van der Waals surface area contributed by atoms with Crippen LogP contribution in [0.1, 0.15) is 26.3 Å². The van der Waals surface area contributed by atoms with Crippen molar-refractivity contribution in [3.8, 4) is 5.75 Å². The van der Waals surface area contributed by atoms with E-state index in [0.29, 0.717) is 5.69 Å². The van der Waals surface area contributed by atoms with Gasteiger partial charge >= 0.3 is 27.4 Å². The van der Waals surface area contributed by atoms with E-state index in [-0.39, 0.29) is 16.0 Å². The molecule has 0 aromatic heterocycles. The lowest BCUT2D eigenvalue weighted by molar-refractivity contribution is -0.640. The molecule has 3 rings (SSSR count). The number of aryl methyl sites for hydroxylation is 1. The van der Waals surface area contributed by atoms with Gasteiger partial charge in [0.1, 0.15) is 17.0 Å². The molecule has 0 spiro atoms. The van der Waals surface area contributed by atoms with Crippen LogP contribution in [-0.4, -0.2) is 25.7 Å². The molecule has 0 radical (unpaired) electrons. The number of alkyl halides is 3. The van der Waals surface area contributed by atoms with Crippen LogP contribution in [0.4, 0.5) is 18.9 Å². The van der Waals surface area contributed by atoms with Gasteiger partial charge in [-0.25, -0.2) is 9.59 Å². The summed E-state index contributed by atoms with van der Waals surface area (Å²) in [5.41, 5.74) is -4.56. The third-order valence-corrected chi connectivity index (χ3v) is 4.74. The first-order valence-electron chi connectivity index (χ1n) is 7.19. The summed E-state index contributed by atoms with van der Waals surface area (Å²) in [7, 11) is -5.87. The van der Waals surface area contributed by atoms with Crippen molar-refractivity contribution in [2.45, 2.75) is 12.4 Å². The van der Waals surface area contributed by atoms with Gasteiger partial charge in [0.25, 0.3) is 0 Å². The SMILES string of the molecule is Cc1ccc([NH+]2C(=O)c3ccc(OS(=O)(=O)C(F)(F)F)cc3C2=O)cc1. The zero-order valence-electron chi connectivity index (χ0n) is 13.1. The van der Waals surface area contributed by atoms with Gasteiger partial charge < -0.3 is 4.18 Å². The molecular weight excluding hydrogens is 375 g/mol. The van der Waals surface area contributed by atoms with Crippen molar-refractivity contribution in [1.29, 1.82) is 0 Å². The Bertz CT molecular complexity index is 1010. The fourth-order valence-electron chi connectivity index (χ4n) is 2.49. The van der Waals surface area contributed by atoms with Crippen LogP contribution in [0.5, 0.6) is 5.75 Å². The maximum Gasteiger partial charge on any atom is 0.534 e. The number of nitrogens with one attached hydrogen (secondary N) is 1. The van der Waals surface area contributed by atoms with Crippen molar-refractivity contribution >= 4 is 27.6 Å². The van der Waals surface area contributed by atoms with Gasteiger partial charge in [0.05, 0.1) is 5.56 Å². The molecule has 1 aliphatic rings. The normalized spacial score (nSPS) is 17.3. The molecule has 0 saturated heterocycles. The van der Waals surface area contributed by atoms with Gasteiger partial charge in [0.15, 0.2) is 0 Å². The lowest BCUT2D eigenvalue weighted by atomic mass is 10.1. The number of hydrogen-bond acceptors (Lipinski definition) is 5. The maximum atomic E-state index is 12.5. The summed E-state index contributed by atoms with van der Waals surface area (Å²) in [5, 5.41) is 0. The second kappa shape index (κ2) is 5.92. The summed E-state index contributed by atoms with van der Waals surface area (Å²) in [4.78, 5) is 24.8. The van der Waals surface area contributed by atoms with Crippen LogP contribution in [-0.2, 0) is 10.1 Å². The summed E-state index contributed by atoms with van der Waals surface area (Å²) in [5.74, 6) is -1.99. The minimum Gasteiger partial charge on any atom is -0.376 e. The molecule has 26 heavy (non-hydrogen) atoms. The first kappa shape index (κ1) is 18.1. The Hall–Kier alpha value is -2.72. The van der Waals surface area contributed by atoms with E-state index in [9.17, 15) is 31.2 Å². The van der Waals surface area contributed by atoms with E-state index in [4.69, 9.17) is 0 Å². The summed E-state index contributed by atoms with van der Waals surface area (Å²) < 4.78 is 63.4. The summed E-state index contributed by atoms with van der Waals surface area (Å²) in [6.45, 7) is 1.83. The molecule has 0 bridgehead atoms. The van der Waals surface area contributed by atoms with Gasteiger partial charge in [-0.15, -0.1) is 0 Å². The molecule has 1 N–H and O–H groups in total. The molecule has 1 heterocycles. The lowest BCUT2D eigenvalue weighted by Gasteiger charge is -2.09. The number of benzene rings is 2. The molecule has 1 aliphatic heterocycles. The molecule has 1 atom stereocenters. The van der Waals surface area contributed by atoms with E-state index in [1.54, 1.807) is 24.3 Å². The fourth-order valence-corrected chi connectivity index (χ4v) is 2.94. The Balaban J connectivity index is 1.97. The number of amides is 2. The molecule has 0 saturated carbocycles. The highest BCUT2D eigenvalue weighted by atomic mass is 32.2. The van der Waals surface area contributed by atoms with Crippen molar-refractivity contribution in [2.24, 2.45) is 0 Å². The number of quaternary nitrogens is 1. The monoisotopic (exact) mass is 386 g/mol. The van der Waals surface area contributed by atoms with Crippen molar-refractivity contribution < 1.29 is 40.3 Å². The van der Waals surface area contributed by atoms with Crippen LogP contribution in [0, 0.1) is 6.92 Å². The molecule has 2 amide bonds. The first-order chi connectivity index (χ1) is 12.0. The zero-order chi connectivity index (χ0) is 19.3. The van der Waals surface area contributed by atoms with Crippen molar-refractivity contribution in [1.82, 2.24) is 0 Å². The lowest BCUT2D eigenvalue weighted by Crippen LogP contribution is -3.10. The molecule has 0 aliphatic carbocycles. The number of hydrogen-bond donors (Lipinski definition) is 1. The standard InChI is InChI=1S/C16H10F3NO5S/c1-9-2-4-10(5-3-9)20-14(21)12-7-6-11(8-13(12)15(20)22)25-26(23,24)16(17,18)19/h2-8H,1H3/p+1. The Labute approximate surface area is 145 Å². The molecule has 10 heteroatoms. The molecule has 136 valence electrons. The van der Waals surface area contributed by atoms with Crippen molar-refractivity contribution in [3.05, 3.63) is 59.2 Å². The predicted octanol–water partition coefficient (Wildman–Crippen LogP) is 1.73. The summed E-state index contributed by atoms with van der Waals surface area (Å²) in [6.07, 6.45) is 0. The van der Waals surface area contributed by atoms with Gasteiger partial charge in [-0.3, -0.25) is 0 Å². The Morgan fingerprint density at radius 2 is 1.50 bits per heavy atom. The van der Waals surface area contributed by atoms with Crippen molar-refractivity contribution in [2.75, 3.05) is 0 Å². The average Bonchev–Trinajstić information content (AvgIpc) is 2.78. The van der Waals surface area contributed by atoms with Gasteiger partial charge in [0.2, 0.25) is 0 Å².